The highest BCUT2D eigenvalue weighted by atomic mass is 16.1. The van der Waals surface area contributed by atoms with Gasteiger partial charge in [0.25, 0.3) is 0 Å². The lowest BCUT2D eigenvalue weighted by atomic mass is 10.1. The maximum atomic E-state index is 10.8. The lowest BCUT2D eigenvalue weighted by molar-refractivity contribution is 0.112. The van der Waals surface area contributed by atoms with E-state index in [1.807, 2.05) is 18.2 Å². The largest absolute Gasteiger partial charge is 0.358 e. The normalized spacial score (nSPS) is 16.0. The van der Waals surface area contributed by atoms with Crippen molar-refractivity contribution < 1.29 is 4.79 Å². The van der Waals surface area contributed by atoms with Gasteiger partial charge in [0.15, 0.2) is 6.29 Å². The van der Waals surface area contributed by atoms with Crippen molar-refractivity contribution >= 4 is 17.2 Å². The summed E-state index contributed by atoms with van der Waals surface area (Å²) in [5, 5.41) is 1.15. The molecule has 0 saturated heterocycles. The Hall–Kier alpha value is -1.57. The third-order valence-electron chi connectivity index (χ3n) is 2.85. The summed E-state index contributed by atoms with van der Waals surface area (Å²) in [7, 11) is 0. The number of aromatic nitrogens is 1. The molecule has 3 rings (SSSR count). The summed E-state index contributed by atoms with van der Waals surface area (Å²) < 4.78 is 0. The van der Waals surface area contributed by atoms with Crippen LogP contribution < -0.4 is 0 Å². The van der Waals surface area contributed by atoms with Crippen molar-refractivity contribution in [3.05, 3.63) is 35.5 Å². The van der Waals surface area contributed by atoms with E-state index in [9.17, 15) is 4.79 Å². The molecule has 1 aromatic heterocycles. The van der Waals surface area contributed by atoms with Gasteiger partial charge in [-0.05, 0) is 30.9 Å². The van der Waals surface area contributed by atoms with Crippen LogP contribution >= 0.6 is 0 Å². The second-order valence-corrected chi connectivity index (χ2v) is 3.93. The Morgan fingerprint density at radius 2 is 2.21 bits per heavy atom. The molecule has 1 heterocycles. The van der Waals surface area contributed by atoms with Gasteiger partial charge in [0.2, 0.25) is 0 Å². The number of nitrogens with one attached hydrogen (secondary N) is 1. The molecule has 1 aliphatic carbocycles. The van der Waals surface area contributed by atoms with Crippen molar-refractivity contribution in [3.63, 3.8) is 0 Å². The smallest absolute Gasteiger partial charge is 0.152 e. The van der Waals surface area contributed by atoms with Crippen molar-refractivity contribution in [2.24, 2.45) is 0 Å². The van der Waals surface area contributed by atoms with E-state index in [1.165, 1.54) is 18.5 Å². The number of aromatic amines is 1. The van der Waals surface area contributed by atoms with Gasteiger partial charge >= 0.3 is 0 Å². The average molecular weight is 185 g/mol. The highest BCUT2D eigenvalue weighted by Crippen LogP contribution is 2.40. The van der Waals surface area contributed by atoms with Crippen LogP contribution in [0.2, 0.25) is 0 Å². The predicted octanol–water partition coefficient (Wildman–Crippen LogP) is 2.86. The Bertz CT molecular complexity index is 494. The fraction of sp³-hybridized carbons (Fsp3) is 0.250. The van der Waals surface area contributed by atoms with Gasteiger partial charge in [-0.3, -0.25) is 4.79 Å². The van der Waals surface area contributed by atoms with Crippen molar-refractivity contribution in [1.29, 1.82) is 0 Å². The minimum absolute atomic E-state index is 0.710. The zero-order chi connectivity index (χ0) is 9.54. The van der Waals surface area contributed by atoms with E-state index in [1.54, 1.807) is 0 Å². The van der Waals surface area contributed by atoms with Crippen molar-refractivity contribution in [2.45, 2.75) is 18.8 Å². The number of hydrogen-bond acceptors (Lipinski definition) is 1. The Labute approximate surface area is 81.9 Å². The first-order valence-corrected chi connectivity index (χ1v) is 4.95. The third kappa shape index (κ3) is 1.07. The minimum Gasteiger partial charge on any atom is -0.358 e. The van der Waals surface area contributed by atoms with Crippen LogP contribution in [0.25, 0.3) is 10.9 Å². The van der Waals surface area contributed by atoms with Crippen molar-refractivity contribution in [1.82, 2.24) is 4.98 Å². The van der Waals surface area contributed by atoms with E-state index in [4.69, 9.17) is 0 Å². The Balaban J connectivity index is 2.25. The van der Waals surface area contributed by atoms with E-state index >= 15 is 0 Å². The summed E-state index contributed by atoms with van der Waals surface area (Å²) in [6.45, 7) is 0. The first-order chi connectivity index (χ1) is 6.88. The van der Waals surface area contributed by atoms with E-state index in [-0.39, 0.29) is 0 Å². The Kier molecular flexibility index (Phi) is 1.51. The SMILES string of the molecule is O=Cc1cccc2cc(C3CC3)[nH]c12. The summed E-state index contributed by atoms with van der Waals surface area (Å²) in [5.74, 6) is 0.710. The number of hydrogen-bond donors (Lipinski definition) is 1. The first-order valence-electron chi connectivity index (χ1n) is 4.95. The molecular weight excluding hydrogens is 174 g/mol. The van der Waals surface area contributed by atoms with Crippen LogP contribution in [0.15, 0.2) is 24.3 Å². The number of carbonyl (C=O) groups is 1. The quantitative estimate of drug-likeness (QED) is 0.717. The first kappa shape index (κ1) is 7.80. The highest BCUT2D eigenvalue weighted by molar-refractivity contribution is 5.96. The standard InChI is InChI=1S/C12H11NO/c14-7-10-3-1-2-9-6-11(8-4-5-8)13-12(9)10/h1-3,6-8,13H,4-5H2. The van der Waals surface area contributed by atoms with Gasteiger partial charge < -0.3 is 4.98 Å². The minimum atomic E-state index is 0.710. The van der Waals surface area contributed by atoms with Gasteiger partial charge in [-0.25, -0.2) is 0 Å². The maximum absolute atomic E-state index is 10.8. The van der Waals surface area contributed by atoms with Crippen LogP contribution in [0.3, 0.4) is 0 Å². The summed E-state index contributed by atoms with van der Waals surface area (Å²) in [6, 6.07) is 7.99. The molecule has 1 fully saturated rings. The van der Waals surface area contributed by atoms with E-state index in [2.05, 4.69) is 11.1 Å². The van der Waals surface area contributed by atoms with Crippen LogP contribution in [0, 0.1) is 0 Å². The topological polar surface area (TPSA) is 32.9 Å². The average Bonchev–Trinajstić information content (AvgIpc) is 2.97. The zero-order valence-corrected chi connectivity index (χ0v) is 7.79. The molecule has 1 aliphatic rings. The van der Waals surface area contributed by atoms with E-state index in [0.717, 1.165) is 22.8 Å². The number of benzene rings is 1. The van der Waals surface area contributed by atoms with E-state index in [0.29, 0.717) is 5.92 Å². The van der Waals surface area contributed by atoms with Crippen LogP contribution in [-0.4, -0.2) is 11.3 Å². The fourth-order valence-corrected chi connectivity index (χ4v) is 1.91. The lowest BCUT2D eigenvalue weighted by Gasteiger charge is -1.92. The molecule has 0 amide bonds. The monoisotopic (exact) mass is 185 g/mol. The third-order valence-corrected chi connectivity index (χ3v) is 2.85. The van der Waals surface area contributed by atoms with Crippen LogP contribution in [0.4, 0.5) is 0 Å². The van der Waals surface area contributed by atoms with Crippen LogP contribution in [0.1, 0.15) is 34.8 Å². The molecule has 0 radical (unpaired) electrons. The van der Waals surface area contributed by atoms with E-state index < -0.39 is 0 Å². The van der Waals surface area contributed by atoms with Crippen LogP contribution in [-0.2, 0) is 0 Å². The molecule has 0 spiro atoms. The van der Waals surface area contributed by atoms with Crippen molar-refractivity contribution in [2.75, 3.05) is 0 Å². The molecule has 14 heavy (non-hydrogen) atoms. The summed E-state index contributed by atoms with van der Waals surface area (Å²) >= 11 is 0. The number of aldehydes is 1. The fourth-order valence-electron chi connectivity index (χ4n) is 1.91. The van der Waals surface area contributed by atoms with Gasteiger partial charge in [-0.15, -0.1) is 0 Å². The summed E-state index contributed by atoms with van der Waals surface area (Å²) in [4.78, 5) is 14.1. The maximum Gasteiger partial charge on any atom is 0.152 e. The molecule has 70 valence electrons. The van der Waals surface area contributed by atoms with Gasteiger partial charge in [0, 0.05) is 16.6 Å². The molecular formula is C12H11NO. The zero-order valence-electron chi connectivity index (χ0n) is 7.79. The molecule has 2 heteroatoms. The highest BCUT2D eigenvalue weighted by Gasteiger charge is 2.25. The van der Waals surface area contributed by atoms with Gasteiger partial charge in [-0.1, -0.05) is 12.1 Å². The lowest BCUT2D eigenvalue weighted by Crippen LogP contribution is -1.82. The van der Waals surface area contributed by atoms with Gasteiger partial charge in [-0.2, -0.15) is 0 Å². The number of rotatable bonds is 2. The molecule has 1 aromatic carbocycles. The van der Waals surface area contributed by atoms with Gasteiger partial charge in [0.1, 0.15) is 0 Å². The molecule has 2 nitrogen and oxygen atoms in total. The molecule has 0 aliphatic heterocycles. The predicted molar refractivity (Wildman–Crippen MR) is 55.7 cm³/mol. The Morgan fingerprint density at radius 3 is 2.93 bits per heavy atom. The molecule has 2 aromatic rings. The second kappa shape index (κ2) is 2.71. The summed E-state index contributed by atoms with van der Waals surface area (Å²) in [5.41, 5.74) is 3.04. The molecule has 1 saturated carbocycles. The summed E-state index contributed by atoms with van der Waals surface area (Å²) in [6.07, 6.45) is 3.47. The van der Waals surface area contributed by atoms with Crippen LogP contribution in [0.5, 0.6) is 0 Å². The molecule has 0 unspecified atom stereocenters. The molecule has 0 bridgehead atoms. The Morgan fingerprint density at radius 1 is 1.36 bits per heavy atom. The molecule has 0 atom stereocenters. The second-order valence-electron chi connectivity index (χ2n) is 3.93. The number of fused-ring (bicyclic) bond motifs is 1. The van der Waals surface area contributed by atoms with Gasteiger partial charge in [0.05, 0.1) is 5.52 Å². The number of carbonyl (C=O) groups excluding carboxylic acids is 1. The number of H-pyrrole nitrogens is 1. The number of para-hydroxylation sites is 1. The molecule has 1 N–H and O–H groups in total. The van der Waals surface area contributed by atoms with Crippen molar-refractivity contribution in [3.8, 4) is 0 Å².